The number of benzene rings is 2. The van der Waals surface area contributed by atoms with Crippen LogP contribution < -0.4 is 4.72 Å². The van der Waals surface area contributed by atoms with E-state index in [0.717, 1.165) is 93.2 Å². The lowest BCUT2D eigenvalue weighted by molar-refractivity contribution is -0.132. The SMILES string of the molecule is CCCCC1=NC2(CCCCC2)C(=O)N1Cc1ccc(-c2ccccc2S(=O)(=O)Nc2noc(C)c2C)c(COC2CCC2)c1. The van der Waals surface area contributed by atoms with E-state index in [2.05, 4.69) is 22.9 Å². The number of hydrogen-bond acceptors (Lipinski definition) is 7. The standard InChI is InChI=1S/C35H44N4O5S/c1-4-5-16-32-36-35(19-9-6-10-20-35)34(40)39(32)22-26-17-18-29(27(21-26)23-43-28-12-11-13-28)30-14-7-8-15-31(30)45(41,42)38-33-24(2)25(3)44-37-33/h7-8,14-15,17-18,21,28H,4-6,9-13,16,19-20,22-23H2,1-3H3,(H,37,38). The van der Waals surface area contributed by atoms with Crippen molar-refractivity contribution in [2.24, 2.45) is 4.99 Å². The zero-order valence-electron chi connectivity index (χ0n) is 26.6. The van der Waals surface area contributed by atoms with Gasteiger partial charge in [0.25, 0.3) is 15.9 Å². The molecule has 1 spiro atoms. The Kier molecular flexibility index (Phi) is 9.15. The Morgan fingerprint density at radius 1 is 1.04 bits per heavy atom. The van der Waals surface area contributed by atoms with Crippen LogP contribution in [0.4, 0.5) is 5.82 Å². The largest absolute Gasteiger partial charge is 0.374 e. The molecular formula is C35H44N4O5S. The highest BCUT2D eigenvalue weighted by atomic mass is 32.2. The third-order valence-corrected chi connectivity index (χ3v) is 11.0. The van der Waals surface area contributed by atoms with Crippen molar-refractivity contribution in [3.8, 4) is 11.1 Å². The second kappa shape index (κ2) is 13.1. The molecule has 1 aromatic heterocycles. The van der Waals surface area contributed by atoms with Crippen molar-refractivity contribution < 1.29 is 22.5 Å². The van der Waals surface area contributed by atoms with E-state index in [1.807, 2.05) is 29.2 Å². The summed E-state index contributed by atoms with van der Waals surface area (Å²) in [5.74, 6) is 1.77. The molecule has 1 N–H and O–H groups in total. The third-order valence-electron chi connectivity index (χ3n) is 9.62. The number of nitrogens with zero attached hydrogens (tertiary/aromatic N) is 3. The van der Waals surface area contributed by atoms with E-state index < -0.39 is 15.6 Å². The van der Waals surface area contributed by atoms with Crippen LogP contribution >= 0.6 is 0 Å². The zero-order valence-corrected chi connectivity index (χ0v) is 27.4. The summed E-state index contributed by atoms with van der Waals surface area (Å²) in [6, 6.07) is 13.0. The number of ether oxygens (including phenoxy) is 1. The van der Waals surface area contributed by atoms with Crippen molar-refractivity contribution in [3.05, 3.63) is 64.9 Å². The fraction of sp³-hybridized carbons (Fsp3) is 0.514. The minimum absolute atomic E-state index is 0.130. The highest BCUT2D eigenvalue weighted by Crippen LogP contribution is 2.39. The summed E-state index contributed by atoms with van der Waals surface area (Å²) in [5, 5.41) is 3.91. The van der Waals surface area contributed by atoms with Crippen LogP contribution in [0.2, 0.25) is 0 Å². The summed E-state index contributed by atoms with van der Waals surface area (Å²) in [6.45, 7) is 6.46. The van der Waals surface area contributed by atoms with Gasteiger partial charge in [-0.1, -0.05) is 74.2 Å². The lowest BCUT2D eigenvalue weighted by Gasteiger charge is -2.30. The number of aryl methyl sites for hydroxylation is 1. The van der Waals surface area contributed by atoms with Gasteiger partial charge in [-0.2, -0.15) is 0 Å². The Hall–Kier alpha value is -3.50. The van der Waals surface area contributed by atoms with Gasteiger partial charge in [0.2, 0.25) is 0 Å². The van der Waals surface area contributed by atoms with Crippen molar-refractivity contribution in [3.63, 3.8) is 0 Å². The van der Waals surface area contributed by atoms with Gasteiger partial charge in [-0.25, -0.2) is 8.42 Å². The van der Waals surface area contributed by atoms with Crippen LogP contribution in [0.15, 0.2) is 56.9 Å². The molecule has 3 aromatic rings. The molecule has 2 aromatic carbocycles. The highest BCUT2D eigenvalue weighted by Gasteiger charge is 2.48. The molecule has 45 heavy (non-hydrogen) atoms. The van der Waals surface area contributed by atoms with Gasteiger partial charge in [0.05, 0.1) is 24.2 Å². The molecule has 1 aliphatic heterocycles. The first kappa shape index (κ1) is 31.5. The van der Waals surface area contributed by atoms with Crippen molar-refractivity contribution >= 4 is 27.6 Å². The summed E-state index contributed by atoms with van der Waals surface area (Å²) >= 11 is 0. The van der Waals surface area contributed by atoms with Crippen LogP contribution in [0.5, 0.6) is 0 Å². The maximum absolute atomic E-state index is 13.9. The number of carbonyl (C=O) groups is 1. The number of amides is 1. The number of aliphatic imine (C=N–C) groups is 1. The second-order valence-electron chi connectivity index (χ2n) is 12.8. The van der Waals surface area contributed by atoms with Gasteiger partial charge >= 0.3 is 0 Å². The van der Waals surface area contributed by atoms with Crippen molar-refractivity contribution in [1.29, 1.82) is 0 Å². The van der Waals surface area contributed by atoms with Gasteiger partial charge in [-0.3, -0.25) is 19.4 Å². The second-order valence-corrected chi connectivity index (χ2v) is 14.4. The minimum atomic E-state index is -3.99. The monoisotopic (exact) mass is 632 g/mol. The van der Waals surface area contributed by atoms with Crippen LogP contribution in [-0.4, -0.2) is 41.9 Å². The summed E-state index contributed by atoms with van der Waals surface area (Å²) in [5.41, 5.74) is 3.26. The Balaban J connectivity index is 1.33. The van der Waals surface area contributed by atoms with E-state index in [1.54, 1.807) is 26.0 Å². The molecule has 1 amide bonds. The molecule has 10 heteroatoms. The molecule has 3 aliphatic rings. The molecule has 9 nitrogen and oxygen atoms in total. The lowest BCUT2D eigenvalue weighted by atomic mass is 9.82. The Morgan fingerprint density at radius 2 is 1.82 bits per heavy atom. The molecule has 2 heterocycles. The number of sulfonamides is 1. The molecule has 2 aliphatic carbocycles. The van der Waals surface area contributed by atoms with Gasteiger partial charge in [-0.05, 0) is 75.1 Å². The first-order valence-corrected chi connectivity index (χ1v) is 17.9. The zero-order chi connectivity index (χ0) is 31.6. The summed E-state index contributed by atoms with van der Waals surface area (Å²) in [6.07, 6.45) is 11.1. The Labute approximate surface area is 266 Å². The fourth-order valence-electron chi connectivity index (χ4n) is 6.55. The number of carbonyl (C=O) groups excluding carboxylic acids is 1. The smallest absolute Gasteiger partial charge is 0.263 e. The van der Waals surface area contributed by atoms with Crippen LogP contribution in [0.1, 0.15) is 100 Å². The number of rotatable bonds is 12. The minimum Gasteiger partial charge on any atom is -0.374 e. The lowest BCUT2D eigenvalue weighted by Crippen LogP contribution is -2.43. The average molecular weight is 633 g/mol. The quantitative estimate of drug-likeness (QED) is 0.222. The summed E-state index contributed by atoms with van der Waals surface area (Å²) in [4.78, 5) is 21.1. The van der Waals surface area contributed by atoms with E-state index in [1.165, 1.54) is 0 Å². The first-order chi connectivity index (χ1) is 21.7. The molecular weight excluding hydrogens is 588 g/mol. The summed E-state index contributed by atoms with van der Waals surface area (Å²) in [7, 11) is -3.99. The number of amidine groups is 1. The molecule has 6 rings (SSSR count). The molecule has 240 valence electrons. The number of hydrogen-bond donors (Lipinski definition) is 1. The van der Waals surface area contributed by atoms with E-state index in [9.17, 15) is 13.2 Å². The topological polar surface area (TPSA) is 114 Å². The summed E-state index contributed by atoms with van der Waals surface area (Å²) < 4.78 is 41.5. The molecule has 0 unspecified atom stereocenters. The molecule has 0 saturated heterocycles. The van der Waals surface area contributed by atoms with Gasteiger partial charge < -0.3 is 9.26 Å². The Morgan fingerprint density at radius 3 is 2.51 bits per heavy atom. The molecule has 2 saturated carbocycles. The first-order valence-electron chi connectivity index (χ1n) is 16.4. The van der Waals surface area contributed by atoms with E-state index in [4.69, 9.17) is 14.3 Å². The number of anilines is 1. The van der Waals surface area contributed by atoms with E-state index in [-0.39, 0.29) is 22.7 Å². The van der Waals surface area contributed by atoms with Crippen LogP contribution in [-0.2, 0) is 32.7 Å². The third kappa shape index (κ3) is 6.45. The van der Waals surface area contributed by atoms with E-state index in [0.29, 0.717) is 30.0 Å². The van der Waals surface area contributed by atoms with Gasteiger partial charge in [0.15, 0.2) is 5.82 Å². The van der Waals surface area contributed by atoms with Gasteiger partial charge in [-0.15, -0.1) is 0 Å². The van der Waals surface area contributed by atoms with Crippen molar-refractivity contribution in [2.45, 2.75) is 121 Å². The number of nitrogens with one attached hydrogen (secondary N) is 1. The number of aromatic nitrogens is 1. The predicted molar refractivity (Wildman–Crippen MR) is 174 cm³/mol. The molecule has 2 fully saturated rings. The Bertz CT molecular complexity index is 1690. The highest BCUT2D eigenvalue weighted by molar-refractivity contribution is 7.92. The molecule has 0 bridgehead atoms. The van der Waals surface area contributed by atoms with Crippen LogP contribution in [0.3, 0.4) is 0 Å². The number of unbranched alkanes of at least 4 members (excludes halogenated alkanes) is 1. The van der Waals surface area contributed by atoms with E-state index >= 15 is 0 Å². The van der Waals surface area contributed by atoms with Crippen LogP contribution in [0, 0.1) is 13.8 Å². The average Bonchev–Trinajstić information content (AvgIpc) is 3.45. The maximum Gasteiger partial charge on any atom is 0.263 e. The molecule has 0 atom stereocenters. The predicted octanol–water partition coefficient (Wildman–Crippen LogP) is 7.46. The van der Waals surface area contributed by atoms with Crippen LogP contribution in [0.25, 0.3) is 11.1 Å². The molecule has 0 radical (unpaired) electrons. The maximum atomic E-state index is 13.9. The normalized spacial score (nSPS) is 18.3. The van der Waals surface area contributed by atoms with Gasteiger partial charge in [0, 0.05) is 17.5 Å². The van der Waals surface area contributed by atoms with Gasteiger partial charge in [0.1, 0.15) is 17.1 Å². The fourth-order valence-corrected chi connectivity index (χ4v) is 7.83. The van der Waals surface area contributed by atoms with Crippen molar-refractivity contribution in [1.82, 2.24) is 10.1 Å². The van der Waals surface area contributed by atoms with Crippen molar-refractivity contribution in [2.75, 3.05) is 4.72 Å².